The van der Waals surface area contributed by atoms with Gasteiger partial charge in [-0.15, -0.1) is 11.3 Å². The van der Waals surface area contributed by atoms with Crippen LogP contribution in [-0.4, -0.2) is 0 Å². The predicted octanol–water partition coefficient (Wildman–Crippen LogP) is 4.82. The van der Waals surface area contributed by atoms with Crippen LogP contribution in [0.1, 0.15) is 24.6 Å². The van der Waals surface area contributed by atoms with E-state index in [1.165, 1.54) is 17.0 Å². The van der Waals surface area contributed by atoms with Crippen LogP contribution in [0.4, 0.5) is 8.78 Å². The third-order valence-corrected chi connectivity index (χ3v) is 3.81. The Morgan fingerprint density at radius 3 is 2.38 bits per heavy atom. The van der Waals surface area contributed by atoms with Crippen LogP contribution in [0.25, 0.3) is 10.4 Å². The van der Waals surface area contributed by atoms with Crippen molar-refractivity contribution < 1.29 is 8.78 Å². The summed E-state index contributed by atoms with van der Waals surface area (Å²) < 4.78 is 26.3. The molecule has 0 aliphatic rings. The van der Waals surface area contributed by atoms with Gasteiger partial charge in [0.1, 0.15) is 11.6 Å². The lowest BCUT2D eigenvalue weighted by Crippen LogP contribution is -1.83. The van der Waals surface area contributed by atoms with Crippen LogP contribution in [0.15, 0.2) is 30.3 Å². The lowest BCUT2D eigenvalue weighted by atomic mass is 10.1. The number of halogens is 2. The first kappa shape index (κ1) is 11.3. The molecule has 0 aliphatic carbocycles. The van der Waals surface area contributed by atoms with Gasteiger partial charge in [-0.3, -0.25) is 0 Å². The quantitative estimate of drug-likeness (QED) is 0.703. The molecule has 0 N–H and O–H groups in total. The second-order valence-corrected chi connectivity index (χ2v) is 5.10. The average Bonchev–Trinajstić information content (AvgIpc) is 2.66. The van der Waals surface area contributed by atoms with Crippen LogP contribution in [-0.2, 0) is 0 Å². The van der Waals surface area contributed by atoms with Crippen molar-refractivity contribution in [1.82, 2.24) is 0 Å². The van der Waals surface area contributed by atoms with Gasteiger partial charge in [-0.05, 0) is 30.2 Å². The Morgan fingerprint density at radius 2 is 1.81 bits per heavy atom. The summed E-state index contributed by atoms with van der Waals surface area (Å²) in [5.74, 6) is -0.610. The molecule has 3 heteroatoms. The van der Waals surface area contributed by atoms with Gasteiger partial charge >= 0.3 is 0 Å². The van der Waals surface area contributed by atoms with Crippen LogP contribution in [0, 0.1) is 11.6 Å². The molecule has 2 aromatic rings. The van der Waals surface area contributed by atoms with E-state index in [0.29, 0.717) is 11.5 Å². The molecule has 16 heavy (non-hydrogen) atoms. The van der Waals surface area contributed by atoms with E-state index in [1.807, 2.05) is 12.1 Å². The van der Waals surface area contributed by atoms with Gasteiger partial charge in [0.15, 0.2) is 0 Å². The van der Waals surface area contributed by atoms with E-state index in [0.717, 1.165) is 10.9 Å². The molecule has 0 fully saturated rings. The Kier molecular flexibility index (Phi) is 3.06. The molecule has 0 radical (unpaired) electrons. The minimum Gasteiger partial charge on any atom is -0.207 e. The normalized spacial score (nSPS) is 11.1. The minimum atomic E-state index is -0.540. The Bertz CT molecular complexity index is 500. The highest BCUT2D eigenvalue weighted by molar-refractivity contribution is 7.15. The van der Waals surface area contributed by atoms with Crippen molar-refractivity contribution in [2.24, 2.45) is 0 Å². The van der Waals surface area contributed by atoms with E-state index in [1.54, 1.807) is 11.3 Å². The fraction of sp³-hybridized carbons (Fsp3) is 0.231. The third kappa shape index (κ3) is 2.14. The van der Waals surface area contributed by atoms with Gasteiger partial charge in [0.2, 0.25) is 0 Å². The van der Waals surface area contributed by atoms with Gasteiger partial charge in [-0.25, -0.2) is 8.78 Å². The molecule has 0 spiro atoms. The molecule has 0 unspecified atom stereocenters. The zero-order valence-corrected chi connectivity index (χ0v) is 9.94. The maximum atomic E-state index is 13.5. The number of rotatable bonds is 2. The molecule has 2 rings (SSSR count). The zero-order valence-electron chi connectivity index (χ0n) is 9.13. The molecule has 0 atom stereocenters. The molecule has 1 aromatic heterocycles. The summed E-state index contributed by atoms with van der Waals surface area (Å²) in [6.45, 7) is 4.19. The average molecular weight is 238 g/mol. The maximum Gasteiger partial charge on any atom is 0.134 e. The second-order valence-electron chi connectivity index (χ2n) is 3.98. The summed E-state index contributed by atoms with van der Waals surface area (Å²) in [6.07, 6.45) is 0. The summed E-state index contributed by atoms with van der Waals surface area (Å²) in [7, 11) is 0. The Morgan fingerprint density at radius 1 is 1.06 bits per heavy atom. The van der Waals surface area contributed by atoms with Crippen molar-refractivity contribution >= 4 is 11.3 Å². The van der Waals surface area contributed by atoms with Gasteiger partial charge in [-0.2, -0.15) is 0 Å². The first-order valence-corrected chi connectivity index (χ1v) is 5.94. The van der Waals surface area contributed by atoms with Crippen molar-refractivity contribution in [1.29, 1.82) is 0 Å². The Hall–Kier alpha value is -1.22. The lowest BCUT2D eigenvalue weighted by molar-refractivity contribution is 0.586. The maximum absolute atomic E-state index is 13.5. The van der Waals surface area contributed by atoms with Crippen LogP contribution in [0.5, 0.6) is 0 Å². The van der Waals surface area contributed by atoms with Crippen LogP contribution >= 0.6 is 11.3 Å². The van der Waals surface area contributed by atoms with Gasteiger partial charge in [0.05, 0.1) is 0 Å². The topological polar surface area (TPSA) is 0 Å². The largest absolute Gasteiger partial charge is 0.207 e. The molecule has 0 aliphatic heterocycles. The molecule has 1 heterocycles. The molecular weight excluding hydrogens is 226 g/mol. The van der Waals surface area contributed by atoms with E-state index in [9.17, 15) is 8.78 Å². The first-order chi connectivity index (χ1) is 7.58. The van der Waals surface area contributed by atoms with Crippen molar-refractivity contribution in [3.63, 3.8) is 0 Å². The van der Waals surface area contributed by atoms with Crippen LogP contribution in [0.3, 0.4) is 0 Å². The SMILES string of the molecule is CC(C)c1ccc(-c2ccc(F)cc2F)s1. The van der Waals surface area contributed by atoms with Gasteiger partial charge in [-0.1, -0.05) is 13.8 Å². The number of thiophene rings is 1. The molecular formula is C13H12F2S. The van der Waals surface area contributed by atoms with E-state index in [2.05, 4.69) is 13.8 Å². The fourth-order valence-corrected chi connectivity index (χ4v) is 2.53. The minimum absolute atomic E-state index is 0.433. The number of hydrogen-bond acceptors (Lipinski definition) is 1. The van der Waals surface area contributed by atoms with E-state index in [-0.39, 0.29) is 0 Å². The molecule has 0 bridgehead atoms. The van der Waals surface area contributed by atoms with Crippen molar-refractivity contribution in [2.45, 2.75) is 19.8 Å². The zero-order chi connectivity index (χ0) is 11.7. The Labute approximate surface area is 97.6 Å². The number of benzene rings is 1. The van der Waals surface area contributed by atoms with Crippen molar-refractivity contribution in [3.8, 4) is 10.4 Å². The fourth-order valence-electron chi connectivity index (χ4n) is 1.50. The molecule has 0 saturated heterocycles. The summed E-state index contributed by atoms with van der Waals surface area (Å²) in [5, 5.41) is 0. The summed E-state index contributed by atoms with van der Waals surface area (Å²) >= 11 is 1.55. The smallest absolute Gasteiger partial charge is 0.134 e. The molecule has 1 aromatic carbocycles. The Balaban J connectivity index is 2.42. The highest BCUT2D eigenvalue weighted by Crippen LogP contribution is 2.33. The molecule has 0 amide bonds. The highest BCUT2D eigenvalue weighted by atomic mass is 32.1. The summed E-state index contributed by atoms with van der Waals surface area (Å²) in [5.41, 5.74) is 0.471. The first-order valence-electron chi connectivity index (χ1n) is 5.13. The van der Waals surface area contributed by atoms with Gasteiger partial charge in [0, 0.05) is 21.4 Å². The van der Waals surface area contributed by atoms with E-state index < -0.39 is 11.6 Å². The van der Waals surface area contributed by atoms with E-state index in [4.69, 9.17) is 0 Å². The predicted molar refractivity (Wildman–Crippen MR) is 63.8 cm³/mol. The lowest BCUT2D eigenvalue weighted by Gasteiger charge is -2.01. The highest BCUT2D eigenvalue weighted by Gasteiger charge is 2.10. The number of hydrogen-bond donors (Lipinski definition) is 0. The van der Waals surface area contributed by atoms with E-state index >= 15 is 0 Å². The molecule has 0 nitrogen and oxygen atoms in total. The monoisotopic (exact) mass is 238 g/mol. The second kappa shape index (κ2) is 4.34. The molecule has 0 saturated carbocycles. The van der Waals surface area contributed by atoms with Crippen molar-refractivity contribution in [2.75, 3.05) is 0 Å². The summed E-state index contributed by atoms with van der Waals surface area (Å²) in [4.78, 5) is 2.06. The summed E-state index contributed by atoms with van der Waals surface area (Å²) in [6, 6.07) is 7.57. The van der Waals surface area contributed by atoms with Crippen molar-refractivity contribution in [3.05, 3.63) is 46.8 Å². The van der Waals surface area contributed by atoms with Crippen LogP contribution in [0.2, 0.25) is 0 Å². The van der Waals surface area contributed by atoms with Gasteiger partial charge < -0.3 is 0 Å². The molecule has 84 valence electrons. The van der Waals surface area contributed by atoms with Gasteiger partial charge in [0.25, 0.3) is 0 Å². The van der Waals surface area contributed by atoms with Crippen LogP contribution < -0.4 is 0 Å². The third-order valence-electron chi connectivity index (χ3n) is 2.39. The standard InChI is InChI=1S/C13H12F2S/c1-8(2)12-5-6-13(16-12)10-4-3-9(14)7-11(10)15/h3-8H,1-2H3.